The average molecular weight is 332 g/mol. The Morgan fingerprint density at radius 1 is 1.30 bits per heavy atom. The van der Waals surface area contributed by atoms with E-state index in [1.165, 1.54) is 18.3 Å². The van der Waals surface area contributed by atoms with Crippen LogP contribution in [0.2, 0.25) is 0 Å². The summed E-state index contributed by atoms with van der Waals surface area (Å²) < 4.78 is 0. The van der Waals surface area contributed by atoms with E-state index >= 15 is 0 Å². The molecule has 0 radical (unpaired) electrons. The maximum absolute atomic E-state index is 12.4. The highest BCUT2D eigenvalue weighted by atomic mass is 32.1. The molecule has 0 saturated heterocycles. The fourth-order valence-electron chi connectivity index (χ4n) is 2.67. The van der Waals surface area contributed by atoms with Crippen molar-refractivity contribution in [1.82, 2.24) is 10.3 Å². The number of nitrogens with one attached hydrogen (secondary N) is 2. The van der Waals surface area contributed by atoms with E-state index in [2.05, 4.69) is 10.3 Å². The molecule has 1 atom stereocenters. The lowest BCUT2D eigenvalue weighted by Crippen LogP contribution is -2.34. The standard InChI is InChI=1S/C17H20N2O3S/c1-9(8-13(21)14-6-5-7-23-14)18-17(22)16-10(2)15(12(4)20)11(3)19-16/h5-7,9,19H,8H2,1-4H3,(H,18,22). The maximum Gasteiger partial charge on any atom is 0.268 e. The first-order chi connectivity index (χ1) is 10.8. The van der Waals surface area contributed by atoms with Crippen molar-refractivity contribution >= 4 is 28.8 Å². The van der Waals surface area contributed by atoms with Gasteiger partial charge in [-0.05, 0) is 44.7 Å². The van der Waals surface area contributed by atoms with E-state index in [0.717, 1.165) is 0 Å². The number of Topliss-reactive ketones (excluding diaryl/α,β-unsaturated/α-hetero) is 2. The van der Waals surface area contributed by atoms with Crippen LogP contribution in [0.4, 0.5) is 0 Å². The third-order valence-corrected chi connectivity index (χ3v) is 4.59. The van der Waals surface area contributed by atoms with Gasteiger partial charge in [-0.1, -0.05) is 6.07 Å². The second-order valence-corrected chi connectivity index (χ2v) is 6.61. The Bertz CT molecular complexity index is 744. The molecular weight excluding hydrogens is 312 g/mol. The lowest BCUT2D eigenvalue weighted by Gasteiger charge is -2.12. The van der Waals surface area contributed by atoms with Crippen LogP contribution >= 0.6 is 11.3 Å². The zero-order chi connectivity index (χ0) is 17.1. The number of aromatic amines is 1. The molecular formula is C17H20N2O3S. The first-order valence-electron chi connectivity index (χ1n) is 7.39. The third-order valence-electron chi connectivity index (χ3n) is 3.68. The Balaban J connectivity index is 2.06. The van der Waals surface area contributed by atoms with Crippen LogP contribution in [-0.2, 0) is 0 Å². The lowest BCUT2D eigenvalue weighted by molar-refractivity contribution is 0.0915. The predicted octanol–water partition coefficient (Wildman–Crippen LogP) is 3.29. The van der Waals surface area contributed by atoms with Crippen molar-refractivity contribution in [2.75, 3.05) is 0 Å². The lowest BCUT2D eigenvalue weighted by atomic mass is 10.1. The molecule has 122 valence electrons. The number of ketones is 2. The van der Waals surface area contributed by atoms with Crippen molar-refractivity contribution in [3.63, 3.8) is 0 Å². The minimum atomic E-state index is -0.301. The summed E-state index contributed by atoms with van der Waals surface area (Å²) in [5.74, 6) is -0.364. The van der Waals surface area contributed by atoms with Gasteiger partial charge in [0.05, 0.1) is 4.88 Å². The molecule has 23 heavy (non-hydrogen) atoms. The van der Waals surface area contributed by atoms with E-state index in [4.69, 9.17) is 0 Å². The molecule has 0 spiro atoms. The Kier molecular flexibility index (Phi) is 5.15. The van der Waals surface area contributed by atoms with Gasteiger partial charge in [-0.3, -0.25) is 14.4 Å². The van der Waals surface area contributed by atoms with Gasteiger partial charge in [0.1, 0.15) is 5.69 Å². The quantitative estimate of drug-likeness (QED) is 0.797. The van der Waals surface area contributed by atoms with Crippen LogP contribution < -0.4 is 5.32 Å². The Morgan fingerprint density at radius 3 is 2.52 bits per heavy atom. The Morgan fingerprint density at radius 2 is 2.00 bits per heavy atom. The molecule has 2 aromatic rings. The van der Waals surface area contributed by atoms with Crippen molar-refractivity contribution < 1.29 is 14.4 Å². The fraction of sp³-hybridized carbons (Fsp3) is 0.353. The summed E-state index contributed by atoms with van der Waals surface area (Å²) in [6, 6.07) is 3.31. The van der Waals surface area contributed by atoms with Crippen LogP contribution in [-0.4, -0.2) is 28.5 Å². The largest absolute Gasteiger partial charge is 0.354 e. The normalized spacial score (nSPS) is 12.0. The number of rotatable bonds is 6. The van der Waals surface area contributed by atoms with Gasteiger partial charge < -0.3 is 10.3 Å². The van der Waals surface area contributed by atoms with Crippen molar-refractivity contribution in [3.8, 4) is 0 Å². The van der Waals surface area contributed by atoms with E-state index in [9.17, 15) is 14.4 Å². The molecule has 6 heteroatoms. The second kappa shape index (κ2) is 6.91. The number of thiophene rings is 1. The molecule has 1 amide bonds. The van der Waals surface area contributed by atoms with E-state index < -0.39 is 0 Å². The van der Waals surface area contributed by atoms with Gasteiger partial charge in [-0.15, -0.1) is 11.3 Å². The number of hydrogen-bond acceptors (Lipinski definition) is 4. The van der Waals surface area contributed by atoms with Crippen LogP contribution in [0.1, 0.15) is 62.0 Å². The van der Waals surface area contributed by atoms with Gasteiger partial charge in [0.2, 0.25) is 0 Å². The SMILES string of the molecule is CC(=O)c1c(C)[nH]c(C(=O)NC(C)CC(=O)c2cccs2)c1C. The van der Waals surface area contributed by atoms with Crippen LogP contribution in [0.5, 0.6) is 0 Å². The molecule has 2 N–H and O–H groups in total. The van der Waals surface area contributed by atoms with E-state index in [-0.39, 0.29) is 29.9 Å². The summed E-state index contributed by atoms with van der Waals surface area (Å²) in [7, 11) is 0. The molecule has 0 aromatic carbocycles. The summed E-state index contributed by atoms with van der Waals surface area (Å²) in [6.45, 7) is 6.79. The topological polar surface area (TPSA) is 79.0 Å². The van der Waals surface area contributed by atoms with E-state index in [1.807, 2.05) is 11.4 Å². The number of amides is 1. The third kappa shape index (κ3) is 3.76. The van der Waals surface area contributed by atoms with Gasteiger partial charge in [0, 0.05) is 23.7 Å². The summed E-state index contributed by atoms with van der Waals surface area (Å²) in [5.41, 5.74) is 2.26. The highest BCUT2D eigenvalue weighted by Crippen LogP contribution is 2.19. The van der Waals surface area contributed by atoms with Crippen LogP contribution in [0.15, 0.2) is 17.5 Å². The van der Waals surface area contributed by atoms with Crippen LogP contribution in [0.25, 0.3) is 0 Å². The number of carbonyl (C=O) groups excluding carboxylic acids is 3. The molecule has 0 bridgehead atoms. The molecule has 2 rings (SSSR count). The molecule has 1 unspecified atom stereocenters. The number of aromatic nitrogens is 1. The number of aryl methyl sites for hydroxylation is 1. The van der Waals surface area contributed by atoms with Crippen molar-refractivity contribution in [1.29, 1.82) is 0 Å². The Hall–Kier alpha value is -2.21. The predicted molar refractivity (Wildman–Crippen MR) is 90.5 cm³/mol. The second-order valence-electron chi connectivity index (χ2n) is 5.66. The minimum Gasteiger partial charge on any atom is -0.354 e. The van der Waals surface area contributed by atoms with E-state index in [1.54, 1.807) is 26.8 Å². The monoisotopic (exact) mass is 332 g/mol. The molecule has 0 aliphatic heterocycles. The summed E-state index contributed by atoms with van der Waals surface area (Å²) in [4.78, 5) is 39.7. The maximum atomic E-state index is 12.4. The van der Waals surface area contributed by atoms with Gasteiger partial charge in [-0.2, -0.15) is 0 Å². The molecule has 5 nitrogen and oxygen atoms in total. The van der Waals surface area contributed by atoms with Crippen LogP contribution in [0.3, 0.4) is 0 Å². The molecule has 2 aromatic heterocycles. The van der Waals surface area contributed by atoms with Crippen molar-refractivity contribution in [2.24, 2.45) is 0 Å². The highest BCUT2D eigenvalue weighted by molar-refractivity contribution is 7.12. The number of carbonyl (C=O) groups is 3. The van der Waals surface area contributed by atoms with Gasteiger partial charge in [0.25, 0.3) is 5.91 Å². The van der Waals surface area contributed by atoms with Crippen LogP contribution in [0, 0.1) is 13.8 Å². The summed E-state index contributed by atoms with van der Waals surface area (Å²) in [6.07, 6.45) is 0.241. The first kappa shape index (κ1) is 17.1. The molecule has 0 saturated carbocycles. The van der Waals surface area contributed by atoms with Gasteiger partial charge in [-0.25, -0.2) is 0 Å². The minimum absolute atomic E-state index is 0.0108. The average Bonchev–Trinajstić information content (AvgIpc) is 3.06. The fourth-order valence-corrected chi connectivity index (χ4v) is 3.34. The number of H-pyrrole nitrogens is 1. The zero-order valence-corrected chi connectivity index (χ0v) is 14.5. The molecule has 0 aliphatic carbocycles. The van der Waals surface area contributed by atoms with E-state index in [0.29, 0.717) is 27.4 Å². The highest BCUT2D eigenvalue weighted by Gasteiger charge is 2.21. The van der Waals surface area contributed by atoms with Crippen molar-refractivity contribution in [2.45, 2.75) is 40.2 Å². The smallest absolute Gasteiger partial charge is 0.268 e. The molecule has 0 aliphatic rings. The zero-order valence-electron chi connectivity index (χ0n) is 13.6. The Labute approximate surface area is 139 Å². The molecule has 0 fully saturated rings. The van der Waals surface area contributed by atoms with Gasteiger partial charge in [0.15, 0.2) is 11.6 Å². The van der Waals surface area contributed by atoms with Gasteiger partial charge >= 0.3 is 0 Å². The molecule has 2 heterocycles. The van der Waals surface area contributed by atoms with Crippen molar-refractivity contribution in [3.05, 3.63) is 44.9 Å². The summed E-state index contributed by atoms with van der Waals surface area (Å²) in [5, 5.41) is 4.66. The number of hydrogen-bond donors (Lipinski definition) is 2. The first-order valence-corrected chi connectivity index (χ1v) is 8.27. The summed E-state index contributed by atoms with van der Waals surface area (Å²) >= 11 is 1.39.